The Hall–Kier alpha value is -1.84. The average Bonchev–Trinajstić information content (AvgIpc) is 3.04. The van der Waals surface area contributed by atoms with Gasteiger partial charge in [-0.2, -0.15) is 0 Å². The molecule has 3 rings (SSSR count). The Morgan fingerprint density at radius 2 is 2.06 bits per heavy atom. The highest BCUT2D eigenvalue weighted by Gasteiger charge is 2.29. The van der Waals surface area contributed by atoms with Gasteiger partial charge in [0.05, 0.1) is 6.04 Å². The topological polar surface area (TPSA) is 56.7 Å². The number of nitrogens with zero attached hydrogens (tertiary/aromatic N) is 3. The van der Waals surface area contributed by atoms with Gasteiger partial charge in [-0.25, -0.2) is 4.68 Å². The fourth-order valence-electron chi connectivity index (χ4n) is 1.98. The molecule has 4 heteroatoms. The molecular weight excluding hydrogens is 200 g/mol. The molecule has 0 atom stereocenters. The molecule has 0 unspecified atom stereocenters. The van der Waals surface area contributed by atoms with Gasteiger partial charge in [-0.05, 0) is 25.3 Å². The second-order valence-electron chi connectivity index (χ2n) is 4.31. The predicted octanol–water partition coefficient (Wildman–Crippen LogP) is 2.17. The van der Waals surface area contributed by atoms with Crippen LogP contribution in [0.3, 0.4) is 0 Å². The number of nitrogens with two attached hydrogens (primary N) is 1. The normalized spacial score (nSPS) is 15.3. The summed E-state index contributed by atoms with van der Waals surface area (Å²) in [7, 11) is 0. The maximum atomic E-state index is 5.91. The Kier molecular flexibility index (Phi) is 1.96. The van der Waals surface area contributed by atoms with E-state index in [-0.39, 0.29) is 0 Å². The van der Waals surface area contributed by atoms with Crippen LogP contribution in [0.25, 0.3) is 11.3 Å². The molecule has 1 heterocycles. The zero-order chi connectivity index (χ0) is 11.1. The Morgan fingerprint density at radius 1 is 1.31 bits per heavy atom. The SMILES string of the molecule is Cc1ccccc1-c1c(N)nnn1C1CC1. The lowest BCUT2D eigenvalue weighted by Gasteiger charge is -2.08. The number of benzene rings is 1. The third-order valence-corrected chi connectivity index (χ3v) is 3.01. The first-order valence-corrected chi connectivity index (χ1v) is 5.54. The van der Waals surface area contributed by atoms with Gasteiger partial charge in [0.2, 0.25) is 0 Å². The van der Waals surface area contributed by atoms with E-state index in [2.05, 4.69) is 29.4 Å². The van der Waals surface area contributed by atoms with Crippen LogP contribution in [0.4, 0.5) is 5.82 Å². The number of nitrogen functional groups attached to an aromatic ring is 1. The fourth-order valence-corrected chi connectivity index (χ4v) is 1.98. The van der Waals surface area contributed by atoms with Crippen LogP contribution in [0.1, 0.15) is 24.4 Å². The first-order valence-electron chi connectivity index (χ1n) is 5.54. The predicted molar refractivity (Wildman–Crippen MR) is 62.9 cm³/mol. The van der Waals surface area contributed by atoms with E-state index >= 15 is 0 Å². The molecule has 2 aromatic rings. The molecule has 1 aliphatic carbocycles. The molecule has 4 nitrogen and oxygen atoms in total. The van der Waals surface area contributed by atoms with Crippen LogP contribution in [0.15, 0.2) is 24.3 Å². The highest BCUT2D eigenvalue weighted by molar-refractivity contribution is 5.72. The second-order valence-corrected chi connectivity index (χ2v) is 4.31. The van der Waals surface area contributed by atoms with Gasteiger partial charge in [-0.15, -0.1) is 5.10 Å². The number of hydrogen-bond acceptors (Lipinski definition) is 3. The molecule has 0 radical (unpaired) electrons. The minimum Gasteiger partial charge on any atom is -0.380 e. The monoisotopic (exact) mass is 214 g/mol. The van der Waals surface area contributed by atoms with Crippen molar-refractivity contribution in [3.8, 4) is 11.3 Å². The molecule has 0 bridgehead atoms. The summed E-state index contributed by atoms with van der Waals surface area (Å²) in [4.78, 5) is 0. The lowest BCUT2D eigenvalue weighted by Crippen LogP contribution is -2.01. The van der Waals surface area contributed by atoms with Crippen molar-refractivity contribution in [3.63, 3.8) is 0 Å². The van der Waals surface area contributed by atoms with Crippen molar-refractivity contribution in [3.05, 3.63) is 29.8 Å². The van der Waals surface area contributed by atoms with E-state index in [1.165, 1.54) is 18.4 Å². The van der Waals surface area contributed by atoms with E-state index < -0.39 is 0 Å². The Bertz CT molecular complexity index is 526. The molecule has 1 saturated carbocycles. The molecule has 1 aromatic heterocycles. The van der Waals surface area contributed by atoms with Crippen LogP contribution in [-0.4, -0.2) is 15.0 Å². The summed E-state index contributed by atoms with van der Waals surface area (Å²) in [6, 6.07) is 8.70. The summed E-state index contributed by atoms with van der Waals surface area (Å²) in [6.07, 6.45) is 2.36. The first-order chi connectivity index (χ1) is 7.77. The molecule has 1 aliphatic rings. The Morgan fingerprint density at radius 3 is 2.75 bits per heavy atom. The van der Waals surface area contributed by atoms with Gasteiger partial charge in [0.1, 0.15) is 5.69 Å². The highest BCUT2D eigenvalue weighted by Crippen LogP contribution is 2.39. The quantitative estimate of drug-likeness (QED) is 0.833. The largest absolute Gasteiger partial charge is 0.380 e. The fraction of sp³-hybridized carbons (Fsp3) is 0.333. The average molecular weight is 214 g/mol. The lowest BCUT2D eigenvalue weighted by atomic mass is 10.1. The van der Waals surface area contributed by atoms with Crippen molar-refractivity contribution in [2.24, 2.45) is 0 Å². The Labute approximate surface area is 94.1 Å². The van der Waals surface area contributed by atoms with Crippen molar-refractivity contribution in [1.29, 1.82) is 0 Å². The van der Waals surface area contributed by atoms with Gasteiger partial charge in [0.25, 0.3) is 0 Å². The maximum absolute atomic E-state index is 5.91. The number of anilines is 1. The summed E-state index contributed by atoms with van der Waals surface area (Å²) in [5, 5.41) is 8.12. The Balaban J connectivity index is 2.18. The van der Waals surface area contributed by atoms with Crippen LogP contribution in [-0.2, 0) is 0 Å². The van der Waals surface area contributed by atoms with Crippen molar-refractivity contribution in [2.45, 2.75) is 25.8 Å². The van der Waals surface area contributed by atoms with Gasteiger partial charge in [0, 0.05) is 5.56 Å². The van der Waals surface area contributed by atoms with Crippen LogP contribution < -0.4 is 5.73 Å². The molecule has 2 N–H and O–H groups in total. The summed E-state index contributed by atoms with van der Waals surface area (Å²) in [6.45, 7) is 2.08. The van der Waals surface area contributed by atoms with Gasteiger partial charge >= 0.3 is 0 Å². The number of rotatable bonds is 2. The summed E-state index contributed by atoms with van der Waals surface area (Å²) < 4.78 is 1.97. The van der Waals surface area contributed by atoms with Gasteiger partial charge < -0.3 is 5.73 Å². The lowest BCUT2D eigenvalue weighted by molar-refractivity contribution is 0.616. The van der Waals surface area contributed by atoms with E-state index in [0.29, 0.717) is 11.9 Å². The van der Waals surface area contributed by atoms with Crippen molar-refractivity contribution >= 4 is 5.82 Å². The van der Waals surface area contributed by atoms with E-state index in [9.17, 15) is 0 Å². The summed E-state index contributed by atoms with van der Waals surface area (Å²) in [5.74, 6) is 0.529. The smallest absolute Gasteiger partial charge is 0.174 e. The zero-order valence-electron chi connectivity index (χ0n) is 9.22. The first kappa shape index (κ1) is 9.39. The van der Waals surface area contributed by atoms with Crippen LogP contribution >= 0.6 is 0 Å². The molecule has 0 saturated heterocycles. The third kappa shape index (κ3) is 1.38. The van der Waals surface area contributed by atoms with Crippen molar-refractivity contribution in [2.75, 3.05) is 5.73 Å². The number of aromatic nitrogens is 3. The highest BCUT2D eigenvalue weighted by atomic mass is 15.5. The second kappa shape index (κ2) is 3.33. The molecule has 1 aromatic carbocycles. The van der Waals surface area contributed by atoms with Gasteiger partial charge in [-0.3, -0.25) is 0 Å². The molecule has 0 amide bonds. The van der Waals surface area contributed by atoms with Crippen molar-refractivity contribution in [1.82, 2.24) is 15.0 Å². The molecular formula is C12H14N4. The third-order valence-electron chi connectivity index (χ3n) is 3.01. The number of hydrogen-bond donors (Lipinski definition) is 1. The van der Waals surface area contributed by atoms with Gasteiger partial charge in [-0.1, -0.05) is 29.5 Å². The summed E-state index contributed by atoms with van der Waals surface area (Å²) >= 11 is 0. The number of aryl methyl sites for hydroxylation is 1. The van der Waals surface area contributed by atoms with E-state index in [1.54, 1.807) is 0 Å². The van der Waals surface area contributed by atoms with Gasteiger partial charge in [0.15, 0.2) is 5.82 Å². The van der Waals surface area contributed by atoms with Crippen LogP contribution in [0, 0.1) is 6.92 Å². The van der Waals surface area contributed by atoms with E-state index in [1.807, 2.05) is 16.8 Å². The standard InChI is InChI=1S/C12H14N4/c1-8-4-2-3-5-10(8)11-12(13)14-15-16(11)9-6-7-9/h2-5,9H,6-7,13H2,1H3. The molecule has 82 valence electrons. The zero-order valence-corrected chi connectivity index (χ0v) is 9.22. The van der Waals surface area contributed by atoms with Crippen LogP contribution in [0.2, 0.25) is 0 Å². The molecule has 1 fully saturated rings. The molecule has 0 aliphatic heterocycles. The summed E-state index contributed by atoms with van der Waals surface area (Å²) in [5.41, 5.74) is 9.23. The minimum atomic E-state index is 0.499. The minimum absolute atomic E-state index is 0.499. The van der Waals surface area contributed by atoms with Crippen molar-refractivity contribution < 1.29 is 0 Å². The van der Waals surface area contributed by atoms with Crippen LogP contribution in [0.5, 0.6) is 0 Å². The molecule has 16 heavy (non-hydrogen) atoms. The molecule has 0 spiro atoms. The van der Waals surface area contributed by atoms with E-state index in [4.69, 9.17) is 5.73 Å². The maximum Gasteiger partial charge on any atom is 0.174 e. The van der Waals surface area contributed by atoms with E-state index in [0.717, 1.165) is 11.3 Å².